The molecular weight excluding hydrogens is 576 g/mol. The van der Waals surface area contributed by atoms with E-state index in [2.05, 4.69) is 37.2 Å². The number of benzene rings is 3. The second kappa shape index (κ2) is 9.91. The summed E-state index contributed by atoms with van der Waals surface area (Å²) in [5.74, 6) is -1.12. The quantitative estimate of drug-likeness (QED) is 0.288. The van der Waals surface area contributed by atoms with Crippen molar-refractivity contribution < 1.29 is 19.1 Å². The van der Waals surface area contributed by atoms with Crippen molar-refractivity contribution in [3.05, 3.63) is 97.4 Å². The molecule has 1 saturated heterocycles. The molecule has 0 spiro atoms. The third kappa shape index (κ3) is 5.19. The fraction of sp³-hybridized carbons (Fsp3) is 0.0417. The van der Waals surface area contributed by atoms with Gasteiger partial charge in [-0.1, -0.05) is 61.7 Å². The minimum Gasteiger partial charge on any atom is -0.488 e. The van der Waals surface area contributed by atoms with Gasteiger partial charge in [-0.25, -0.2) is 9.69 Å². The lowest BCUT2D eigenvalue weighted by atomic mass is 10.1. The molecule has 1 aliphatic heterocycles. The number of nitrogens with zero attached hydrogens (tertiary/aromatic N) is 1. The molecule has 4 rings (SSSR count). The number of anilines is 1. The maximum Gasteiger partial charge on any atom is 0.335 e. The van der Waals surface area contributed by atoms with E-state index in [1.54, 1.807) is 42.5 Å². The van der Waals surface area contributed by atoms with E-state index < -0.39 is 17.8 Å². The molecule has 33 heavy (non-hydrogen) atoms. The molecule has 0 aliphatic carbocycles. The molecule has 6 nitrogen and oxygen atoms in total. The highest BCUT2D eigenvalue weighted by atomic mass is 79.9. The van der Waals surface area contributed by atoms with E-state index in [1.807, 2.05) is 24.3 Å². The molecule has 166 valence electrons. The van der Waals surface area contributed by atoms with Crippen LogP contribution in [0.4, 0.5) is 10.5 Å². The van der Waals surface area contributed by atoms with Gasteiger partial charge in [-0.05, 0) is 54.6 Å². The van der Waals surface area contributed by atoms with Crippen molar-refractivity contribution in [2.75, 3.05) is 4.90 Å². The molecule has 1 fully saturated rings. The minimum absolute atomic E-state index is 0.217. The van der Waals surface area contributed by atoms with Gasteiger partial charge in [-0.2, -0.15) is 0 Å². The van der Waals surface area contributed by atoms with E-state index in [-0.39, 0.29) is 12.2 Å². The molecule has 1 aliphatic rings. The first-order valence-corrected chi connectivity index (χ1v) is 11.6. The number of rotatable bonds is 5. The number of imide groups is 2. The molecule has 9 heteroatoms. The van der Waals surface area contributed by atoms with E-state index in [4.69, 9.17) is 16.3 Å². The number of hydrogen-bond acceptors (Lipinski definition) is 4. The minimum atomic E-state index is -0.819. The van der Waals surface area contributed by atoms with E-state index in [0.29, 0.717) is 22.0 Å². The summed E-state index contributed by atoms with van der Waals surface area (Å²) in [5.41, 5.74) is 1.46. The predicted molar refractivity (Wildman–Crippen MR) is 133 cm³/mol. The zero-order chi connectivity index (χ0) is 23.5. The number of carbonyl (C=O) groups is 3. The van der Waals surface area contributed by atoms with Crippen molar-refractivity contribution in [1.29, 1.82) is 0 Å². The van der Waals surface area contributed by atoms with Gasteiger partial charge < -0.3 is 4.74 Å². The first-order valence-electron chi connectivity index (χ1n) is 9.66. The fourth-order valence-corrected chi connectivity index (χ4v) is 4.02. The van der Waals surface area contributed by atoms with Gasteiger partial charge in [-0.15, -0.1) is 0 Å². The summed E-state index contributed by atoms with van der Waals surface area (Å²) in [4.78, 5) is 39.0. The van der Waals surface area contributed by atoms with Gasteiger partial charge in [0.2, 0.25) is 0 Å². The lowest BCUT2D eigenvalue weighted by Gasteiger charge is -2.26. The van der Waals surface area contributed by atoms with Gasteiger partial charge in [0.25, 0.3) is 11.8 Å². The third-order valence-corrected chi connectivity index (χ3v) is 6.34. The summed E-state index contributed by atoms with van der Waals surface area (Å²) in [5, 5.41) is 2.61. The number of nitrogens with one attached hydrogen (secondary N) is 1. The fourth-order valence-electron chi connectivity index (χ4n) is 3.17. The second-order valence-electron chi connectivity index (χ2n) is 7.00. The number of hydrogen-bond donors (Lipinski definition) is 1. The van der Waals surface area contributed by atoms with E-state index in [0.717, 1.165) is 19.4 Å². The van der Waals surface area contributed by atoms with Gasteiger partial charge >= 0.3 is 6.03 Å². The Kier molecular flexibility index (Phi) is 6.97. The Morgan fingerprint density at radius 3 is 2.42 bits per heavy atom. The van der Waals surface area contributed by atoms with Gasteiger partial charge in [0.1, 0.15) is 17.9 Å². The van der Waals surface area contributed by atoms with Crippen LogP contribution in [-0.2, 0) is 16.2 Å². The van der Waals surface area contributed by atoms with Crippen LogP contribution in [0.2, 0.25) is 5.02 Å². The summed E-state index contributed by atoms with van der Waals surface area (Å²) < 4.78 is 7.63. The van der Waals surface area contributed by atoms with E-state index >= 15 is 0 Å². The van der Waals surface area contributed by atoms with Crippen LogP contribution in [0.3, 0.4) is 0 Å². The highest BCUT2D eigenvalue weighted by Crippen LogP contribution is 2.29. The molecule has 0 unspecified atom stereocenters. The van der Waals surface area contributed by atoms with E-state index in [1.165, 1.54) is 6.08 Å². The van der Waals surface area contributed by atoms with Gasteiger partial charge in [0, 0.05) is 25.1 Å². The first kappa shape index (κ1) is 23.2. The smallest absolute Gasteiger partial charge is 0.335 e. The Balaban J connectivity index is 1.68. The monoisotopic (exact) mass is 588 g/mol. The van der Waals surface area contributed by atoms with Crippen molar-refractivity contribution in [2.24, 2.45) is 0 Å². The molecule has 4 amide bonds. The first-order chi connectivity index (χ1) is 15.8. The van der Waals surface area contributed by atoms with Crippen LogP contribution in [0.5, 0.6) is 5.75 Å². The van der Waals surface area contributed by atoms with Crippen molar-refractivity contribution >= 4 is 73.1 Å². The zero-order valence-electron chi connectivity index (χ0n) is 16.8. The molecule has 0 bridgehead atoms. The van der Waals surface area contributed by atoms with Gasteiger partial charge in [0.15, 0.2) is 0 Å². The third-order valence-electron chi connectivity index (χ3n) is 4.80. The van der Waals surface area contributed by atoms with Crippen molar-refractivity contribution in [1.82, 2.24) is 5.32 Å². The van der Waals surface area contributed by atoms with Crippen LogP contribution in [0.25, 0.3) is 6.08 Å². The molecule has 3 aromatic carbocycles. The number of amides is 4. The molecule has 0 aromatic heterocycles. The second-order valence-corrected chi connectivity index (χ2v) is 9.20. The number of barbiturate groups is 1. The lowest BCUT2D eigenvalue weighted by molar-refractivity contribution is -0.122. The number of ether oxygens (including phenoxy) is 1. The van der Waals surface area contributed by atoms with Crippen LogP contribution >= 0.6 is 43.5 Å². The Morgan fingerprint density at radius 2 is 1.70 bits per heavy atom. The summed E-state index contributed by atoms with van der Waals surface area (Å²) in [6.07, 6.45) is 1.37. The molecule has 3 aromatic rings. The van der Waals surface area contributed by atoms with Crippen LogP contribution < -0.4 is 15.0 Å². The van der Waals surface area contributed by atoms with Crippen LogP contribution in [0, 0.1) is 0 Å². The van der Waals surface area contributed by atoms with Crippen molar-refractivity contribution in [3.8, 4) is 5.75 Å². The largest absolute Gasteiger partial charge is 0.488 e. The van der Waals surface area contributed by atoms with Crippen LogP contribution in [0.15, 0.2) is 81.2 Å². The van der Waals surface area contributed by atoms with Crippen molar-refractivity contribution in [2.45, 2.75) is 6.61 Å². The van der Waals surface area contributed by atoms with Crippen molar-refractivity contribution in [3.63, 3.8) is 0 Å². The molecule has 0 atom stereocenters. The van der Waals surface area contributed by atoms with Crippen LogP contribution in [-0.4, -0.2) is 17.8 Å². The van der Waals surface area contributed by atoms with Crippen LogP contribution in [0.1, 0.15) is 11.1 Å². The molecular formula is C24H15Br2ClN2O4. The standard InChI is InChI=1S/C24H15Br2ClN2O4/c25-16-5-8-18(9-6-16)29-23(31)19(22(30)28-24(29)32)12-15-11-17(27)7-10-21(15)33-13-14-3-1-2-4-20(14)26/h1-12H,13H2,(H,28,30,32)/b19-12+. The van der Waals surface area contributed by atoms with Gasteiger partial charge in [0.05, 0.1) is 5.69 Å². The molecule has 0 saturated carbocycles. The topological polar surface area (TPSA) is 75.7 Å². The SMILES string of the molecule is O=C1NC(=O)N(c2ccc(Br)cc2)C(=O)/C1=C/c1cc(Cl)ccc1OCc1ccccc1Br. The molecule has 0 radical (unpaired) electrons. The zero-order valence-corrected chi connectivity index (χ0v) is 20.8. The summed E-state index contributed by atoms with van der Waals surface area (Å²) in [7, 11) is 0. The number of halogens is 3. The molecule has 1 N–H and O–H groups in total. The average Bonchev–Trinajstić information content (AvgIpc) is 2.78. The maximum atomic E-state index is 13.1. The number of carbonyl (C=O) groups excluding carboxylic acids is 3. The Labute approximate surface area is 211 Å². The Hall–Kier alpha value is -2.94. The number of urea groups is 1. The highest BCUT2D eigenvalue weighted by molar-refractivity contribution is 9.10. The van der Waals surface area contributed by atoms with E-state index in [9.17, 15) is 14.4 Å². The highest BCUT2D eigenvalue weighted by Gasteiger charge is 2.37. The summed E-state index contributed by atoms with van der Waals surface area (Å²) >= 11 is 13.0. The lowest BCUT2D eigenvalue weighted by Crippen LogP contribution is -2.54. The average molecular weight is 591 g/mol. The maximum absolute atomic E-state index is 13.1. The Morgan fingerprint density at radius 1 is 0.970 bits per heavy atom. The predicted octanol–water partition coefficient (Wildman–Crippen LogP) is 6.11. The summed E-state index contributed by atoms with van der Waals surface area (Å²) in [6, 6.07) is 18.3. The Bertz CT molecular complexity index is 1290. The summed E-state index contributed by atoms with van der Waals surface area (Å²) in [6.45, 7) is 0.253. The van der Waals surface area contributed by atoms with Gasteiger partial charge in [-0.3, -0.25) is 14.9 Å². The normalized spacial score (nSPS) is 15.1. The molecule has 1 heterocycles.